The fraction of sp³-hybridized carbons (Fsp3) is 0.250. The lowest BCUT2D eigenvalue weighted by molar-refractivity contribution is -0.115. The molecule has 0 aliphatic rings. The quantitative estimate of drug-likeness (QED) is 0.642. The maximum Gasteiger partial charge on any atom is 0.237 e. The molecule has 1 amide bonds. The van der Waals surface area contributed by atoms with E-state index in [2.05, 4.69) is 16.3 Å². The zero-order chi connectivity index (χ0) is 18.7. The molecule has 3 rings (SSSR count). The van der Waals surface area contributed by atoms with E-state index >= 15 is 0 Å². The highest BCUT2D eigenvalue weighted by Crippen LogP contribution is 2.22. The van der Waals surface area contributed by atoms with Gasteiger partial charge in [-0.2, -0.15) is 0 Å². The number of benzene rings is 2. The molecule has 26 heavy (non-hydrogen) atoms. The first-order valence-electron chi connectivity index (χ1n) is 8.39. The van der Waals surface area contributed by atoms with Crippen LogP contribution in [0, 0.1) is 20.8 Å². The number of thioether (sulfide) groups is 1. The fourth-order valence-electron chi connectivity index (χ4n) is 2.72. The molecule has 1 heterocycles. The molecule has 0 spiro atoms. The average molecular weight is 366 g/mol. The molecule has 6 heteroatoms. The molecule has 0 saturated heterocycles. The van der Waals surface area contributed by atoms with Crippen molar-refractivity contribution in [2.24, 2.45) is 0 Å². The number of aromatic nitrogens is 3. The lowest BCUT2D eigenvalue weighted by Gasteiger charge is -2.18. The van der Waals surface area contributed by atoms with Gasteiger partial charge >= 0.3 is 0 Å². The maximum absolute atomic E-state index is 12.6. The van der Waals surface area contributed by atoms with Crippen molar-refractivity contribution < 1.29 is 4.79 Å². The van der Waals surface area contributed by atoms with Crippen molar-refractivity contribution in [2.75, 3.05) is 17.7 Å². The lowest BCUT2D eigenvalue weighted by atomic mass is 10.1. The third-order valence-corrected chi connectivity index (χ3v) is 5.05. The van der Waals surface area contributed by atoms with Crippen LogP contribution in [0.1, 0.15) is 16.7 Å². The summed E-state index contributed by atoms with van der Waals surface area (Å²) in [5.74, 6) is 0.326. The number of anilines is 1. The van der Waals surface area contributed by atoms with E-state index in [1.54, 1.807) is 11.2 Å². The van der Waals surface area contributed by atoms with Crippen molar-refractivity contribution in [2.45, 2.75) is 25.9 Å². The number of hydrogen-bond acceptors (Lipinski definition) is 4. The zero-order valence-corrected chi connectivity index (χ0v) is 16.2. The van der Waals surface area contributed by atoms with E-state index in [0.29, 0.717) is 10.9 Å². The van der Waals surface area contributed by atoms with Gasteiger partial charge in [-0.05, 0) is 56.2 Å². The van der Waals surface area contributed by atoms with Gasteiger partial charge in [-0.15, -0.1) is 10.2 Å². The number of amides is 1. The molecule has 1 aromatic heterocycles. The van der Waals surface area contributed by atoms with Crippen LogP contribution in [0.4, 0.5) is 5.69 Å². The van der Waals surface area contributed by atoms with Crippen LogP contribution in [-0.2, 0) is 4.79 Å². The summed E-state index contributed by atoms with van der Waals surface area (Å²) in [4.78, 5) is 14.3. The van der Waals surface area contributed by atoms with Crippen LogP contribution in [0.5, 0.6) is 0 Å². The summed E-state index contributed by atoms with van der Waals surface area (Å²) in [7, 11) is 1.81. The summed E-state index contributed by atoms with van der Waals surface area (Å²) >= 11 is 1.39. The van der Waals surface area contributed by atoms with Crippen LogP contribution in [-0.4, -0.2) is 33.5 Å². The molecule has 0 unspecified atom stereocenters. The summed E-state index contributed by atoms with van der Waals surface area (Å²) in [6.45, 7) is 6.12. The van der Waals surface area contributed by atoms with E-state index in [9.17, 15) is 4.79 Å². The van der Waals surface area contributed by atoms with Gasteiger partial charge in [0.15, 0.2) is 5.16 Å². The normalized spacial score (nSPS) is 10.8. The topological polar surface area (TPSA) is 51.0 Å². The molecule has 0 aliphatic carbocycles. The van der Waals surface area contributed by atoms with Crippen molar-refractivity contribution in [3.8, 4) is 5.69 Å². The van der Waals surface area contributed by atoms with Crippen molar-refractivity contribution in [1.82, 2.24) is 14.8 Å². The molecule has 0 radical (unpaired) electrons. The third-order valence-electron chi connectivity index (χ3n) is 4.12. The molecule has 134 valence electrons. The molecule has 0 atom stereocenters. The highest BCUT2D eigenvalue weighted by atomic mass is 32.2. The number of carbonyl (C=O) groups excluding carboxylic acids is 1. The van der Waals surface area contributed by atoms with Crippen molar-refractivity contribution in [3.63, 3.8) is 0 Å². The third kappa shape index (κ3) is 4.14. The second-order valence-electron chi connectivity index (χ2n) is 6.41. The summed E-state index contributed by atoms with van der Waals surface area (Å²) in [6.07, 6.45) is 1.67. The van der Waals surface area contributed by atoms with Gasteiger partial charge in [-0.25, -0.2) is 0 Å². The second-order valence-corrected chi connectivity index (χ2v) is 7.35. The Kier molecular flexibility index (Phi) is 5.42. The average Bonchev–Trinajstić information content (AvgIpc) is 3.07. The SMILES string of the molecule is Cc1ccc(-n2cnnc2SCC(=O)N(C)c2cc(C)cc(C)c2)cc1. The predicted octanol–water partition coefficient (Wildman–Crippen LogP) is 3.95. The van der Waals surface area contributed by atoms with Crippen LogP contribution >= 0.6 is 11.8 Å². The van der Waals surface area contributed by atoms with Crippen LogP contribution in [0.3, 0.4) is 0 Å². The van der Waals surface area contributed by atoms with E-state index in [-0.39, 0.29) is 5.91 Å². The van der Waals surface area contributed by atoms with Crippen LogP contribution in [0.2, 0.25) is 0 Å². The summed E-state index contributed by atoms with van der Waals surface area (Å²) in [6, 6.07) is 14.3. The Labute approximate surface area is 158 Å². The molecule has 0 bridgehead atoms. The molecule has 0 N–H and O–H groups in total. The van der Waals surface area contributed by atoms with E-state index in [1.165, 1.54) is 17.3 Å². The number of hydrogen-bond donors (Lipinski definition) is 0. The largest absolute Gasteiger partial charge is 0.315 e. The summed E-state index contributed by atoms with van der Waals surface area (Å²) in [5, 5.41) is 8.85. The molecular weight excluding hydrogens is 344 g/mol. The lowest BCUT2D eigenvalue weighted by Crippen LogP contribution is -2.28. The molecule has 3 aromatic rings. The van der Waals surface area contributed by atoms with Crippen LogP contribution in [0.25, 0.3) is 5.69 Å². The second kappa shape index (κ2) is 7.74. The minimum Gasteiger partial charge on any atom is -0.315 e. The van der Waals surface area contributed by atoms with E-state index in [1.807, 2.05) is 68.8 Å². The Morgan fingerprint density at radius 3 is 2.35 bits per heavy atom. The Bertz CT molecular complexity index is 898. The van der Waals surface area contributed by atoms with Crippen molar-refractivity contribution in [1.29, 1.82) is 0 Å². The summed E-state index contributed by atoms with van der Waals surface area (Å²) < 4.78 is 1.90. The molecule has 0 saturated carbocycles. The standard InChI is InChI=1S/C20H22N4OS/c1-14-5-7-17(8-6-14)24-13-21-22-20(24)26-12-19(25)23(4)18-10-15(2)9-16(3)11-18/h5-11,13H,12H2,1-4H3. The van der Waals surface area contributed by atoms with E-state index in [4.69, 9.17) is 0 Å². The van der Waals surface area contributed by atoms with Crippen LogP contribution in [0.15, 0.2) is 53.9 Å². The Hall–Kier alpha value is -2.60. The first-order valence-corrected chi connectivity index (χ1v) is 9.37. The molecule has 0 fully saturated rings. The smallest absolute Gasteiger partial charge is 0.237 e. The Balaban J connectivity index is 1.70. The molecule has 5 nitrogen and oxygen atoms in total. The monoisotopic (exact) mass is 366 g/mol. The first kappa shape index (κ1) is 18.2. The van der Waals surface area contributed by atoms with Gasteiger partial charge in [0.05, 0.1) is 5.75 Å². The maximum atomic E-state index is 12.6. The van der Waals surface area contributed by atoms with E-state index < -0.39 is 0 Å². The Morgan fingerprint density at radius 1 is 1.04 bits per heavy atom. The van der Waals surface area contributed by atoms with E-state index in [0.717, 1.165) is 22.5 Å². The van der Waals surface area contributed by atoms with Crippen LogP contribution < -0.4 is 4.90 Å². The van der Waals surface area contributed by atoms with Gasteiger partial charge in [0.1, 0.15) is 6.33 Å². The minimum absolute atomic E-state index is 0.0263. The fourth-order valence-corrected chi connectivity index (χ4v) is 3.56. The zero-order valence-electron chi connectivity index (χ0n) is 15.4. The number of nitrogens with zero attached hydrogens (tertiary/aromatic N) is 4. The summed E-state index contributed by atoms with van der Waals surface area (Å²) in [5.41, 5.74) is 5.38. The molecular formula is C20H22N4OS. The van der Waals surface area contributed by atoms with Gasteiger partial charge in [0.25, 0.3) is 0 Å². The molecule has 0 aliphatic heterocycles. The van der Waals surface area contributed by atoms with Gasteiger partial charge < -0.3 is 4.90 Å². The number of carbonyl (C=O) groups is 1. The minimum atomic E-state index is 0.0263. The van der Waals surface area contributed by atoms with Gasteiger partial charge in [-0.3, -0.25) is 9.36 Å². The number of rotatable bonds is 5. The number of aryl methyl sites for hydroxylation is 3. The van der Waals surface area contributed by atoms with Gasteiger partial charge in [-0.1, -0.05) is 35.5 Å². The highest BCUT2D eigenvalue weighted by Gasteiger charge is 2.15. The van der Waals surface area contributed by atoms with Gasteiger partial charge in [0, 0.05) is 18.4 Å². The van der Waals surface area contributed by atoms with Crippen molar-refractivity contribution >= 4 is 23.4 Å². The Morgan fingerprint density at radius 2 is 1.69 bits per heavy atom. The first-order chi connectivity index (χ1) is 12.4. The van der Waals surface area contributed by atoms with Gasteiger partial charge in [0.2, 0.25) is 5.91 Å². The molecule has 2 aromatic carbocycles. The highest BCUT2D eigenvalue weighted by molar-refractivity contribution is 7.99. The van der Waals surface area contributed by atoms with Crippen molar-refractivity contribution in [3.05, 3.63) is 65.5 Å². The predicted molar refractivity (Wildman–Crippen MR) is 106 cm³/mol.